The Morgan fingerprint density at radius 3 is 2.33 bits per heavy atom. The van der Waals surface area contributed by atoms with Gasteiger partial charge in [0.2, 0.25) is 5.75 Å². The number of thiophene rings is 1. The van der Waals surface area contributed by atoms with Crippen LogP contribution >= 0.6 is 11.3 Å². The van der Waals surface area contributed by atoms with E-state index < -0.39 is 0 Å². The number of ether oxygens (including phenoxy) is 3. The van der Waals surface area contributed by atoms with Crippen LogP contribution in [-0.2, 0) is 0 Å². The quantitative estimate of drug-likeness (QED) is 0.334. The van der Waals surface area contributed by atoms with Gasteiger partial charge in [-0.1, -0.05) is 18.2 Å². The van der Waals surface area contributed by atoms with Crippen molar-refractivity contribution in [2.75, 3.05) is 21.3 Å². The molecule has 0 unspecified atom stereocenters. The normalized spacial score (nSPS) is 11.5. The van der Waals surface area contributed by atoms with Gasteiger partial charge in [0.15, 0.2) is 17.3 Å². The molecule has 0 amide bonds. The second-order valence-electron chi connectivity index (χ2n) is 6.42. The van der Waals surface area contributed by atoms with E-state index >= 15 is 0 Å². The van der Waals surface area contributed by atoms with E-state index in [4.69, 9.17) is 14.2 Å². The number of carbonyl (C=O) groups is 1. The summed E-state index contributed by atoms with van der Waals surface area (Å²) >= 11 is 1.55. The lowest BCUT2D eigenvalue weighted by Crippen LogP contribution is -2.06. The molecule has 2 aromatic heterocycles. The number of hydrogen-bond donors (Lipinski definition) is 1. The van der Waals surface area contributed by atoms with Crippen LogP contribution in [0.1, 0.15) is 21.1 Å². The number of fused-ring (bicyclic) bond motifs is 1. The third-order valence-corrected chi connectivity index (χ3v) is 5.47. The first-order valence-electron chi connectivity index (χ1n) is 9.19. The van der Waals surface area contributed by atoms with Crippen molar-refractivity contribution in [3.8, 4) is 17.2 Å². The molecule has 0 spiro atoms. The summed E-state index contributed by atoms with van der Waals surface area (Å²) < 4.78 is 16.2. The van der Waals surface area contributed by atoms with Crippen LogP contribution < -0.4 is 14.2 Å². The molecule has 0 atom stereocenters. The largest absolute Gasteiger partial charge is 0.493 e. The van der Waals surface area contributed by atoms with Crippen molar-refractivity contribution in [3.63, 3.8) is 0 Å². The van der Waals surface area contributed by atoms with Gasteiger partial charge in [-0.05, 0) is 41.8 Å². The number of Topliss-reactive ketones (excluding diaryl/α,β-unsaturated/α-hetero) is 1. The minimum Gasteiger partial charge on any atom is -0.493 e. The molecule has 2 heterocycles. The number of imidazole rings is 1. The van der Waals surface area contributed by atoms with Crippen molar-refractivity contribution in [2.45, 2.75) is 0 Å². The van der Waals surface area contributed by atoms with Crippen LogP contribution in [-0.4, -0.2) is 37.1 Å². The zero-order valence-corrected chi connectivity index (χ0v) is 17.6. The number of rotatable bonds is 7. The maximum absolute atomic E-state index is 13.6. The van der Waals surface area contributed by atoms with Crippen LogP contribution in [0.4, 0.5) is 0 Å². The Bertz CT molecular complexity index is 1170. The number of para-hydroxylation sites is 2. The summed E-state index contributed by atoms with van der Waals surface area (Å²) in [5, 5.41) is 1.96. The maximum Gasteiger partial charge on any atom is 0.203 e. The van der Waals surface area contributed by atoms with Crippen molar-refractivity contribution in [1.29, 1.82) is 0 Å². The molecular formula is C23H20N2O4S. The lowest BCUT2D eigenvalue weighted by atomic mass is 10.0. The third-order valence-electron chi connectivity index (χ3n) is 4.65. The van der Waals surface area contributed by atoms with E-state index in [2.05, 4.69) is 9.97 Å². The lowest BCUT2D eigenvalue weighted by molar-refractivity contribution is 0.105. The van der Waals surface area contributed by atoms with Crippen LogP contribution in [0, 0.1) is 0 Å². The standard InChI is InChI=1S/C23H20N2O4S/c1-27-19-11-14(12-20(28-2)22(19)29-3)21(26)16(13-15-7-6-10-30-15)23-24-17-8-4-5-9-18(17)25-23/h4-13H,1-3H3,(H,24,25)/b16-13+. The molecule has 1 N–H and O–H groups in total. The maximum atomic E-state index is 13.6. The second kappa shape index (κ2) is 8.42. The van der Waals surface area contributed by atoms with Crippen molar-refractivity contribution in [1.82, 2.24) is 9.97 Å². The third kappa shape index (κ3) is 3.67. The first kappa shape index (κ1) is 19.7. The SMILES string of the molecule is COc1cc(C(=O)/C(=C\c2cccs2)c2nc3ccccc3[nH]2)cc(OC)c1OC. The Labute approximate surface area is 177 Å². The zero-order chi connectivity index (χ0) is 21.1. The average Bonchev–Trinajstić information content (AvgIpc) is 3.45. The van der Waals surface area contributed by atoms with Gasteiger partial charge in [0.1, 0.15) is 5.82 Å². The number of nitrogens with one attached hydrogen (secondary N) is 1. The summed E-state index contributed by atoms with van der Waals surface area (Å²) in [4.78, 5) is 22.4. The molecule has 6 nitrogen and oxygen atoms in total. The smallest absolute Gasteiger partial charge is 0.203 e. The molecule has 152 valence electrons. The molecule has 7 heteroatoms. The highest BCUT2D eigenvalue weighted by atomic mass is 32.1. The Kier molecular flexibility index (Phi) is 5.54. The first-order valence-corrected chi connectivity index (χ1v) is 10.1. The number of benzene rings is 2. The second-order valence-corrected chi connectivity index (χ2v) is 7.40. The number of H-pyrrole nitrogens is 1. The topological polar surface area (TPSA) is 73.4 Å². The van der Waals surface area contributed by atoms with Gasteiger partial charge in [0.25, 0.3) is 0 Å². The van der Waals surface area contributed by atoms with Crippen molar-refractivity contribution < 1.29 is 19.0 Å². The summed E-state index contributed by atoms with van der Waals surface area (Å²) in [6, 6.07) is 14.9. The molecule has 4 rings (SSSR count). The molecule has 0 saturated carbocycles. The highest BCUT2D eigenvalue weighted by molar-refractivity contribution is 7.11. The van der Waals surface area contributed by atoms with Crippen molar-refractivity contribution in [2.24, 2.45) is 0 Å². The van der Waals surface area contributed by atoms with E-state index in [9.17, 15) is 4.79 Å². The van der Waals surface area contributed by atoms with Crippen LogP contribution in [0.5, 0.6) is 17.2 Å². The van der Waals surface area contributed by atoms with Gasteiger partial charge < -0.3 is 19.2 Å². The molecule has 0 fully saturated rings. The van der Waals surface area contributed by atoms with Crippen LogP contribution in [0.15, 0.2) is 53.9 Å². The average molecular weight is 420 g/mol. The molecule has 2 aromatic carbocycles. The van der Waals surface area contributed by atoms with Gasteiger partial charge in [0, 0.05) is 10.4 Å². The number of ketones is 1. The summed E-state index contributed by atoms with van der Waals surface area (Å²) in [6.45, 7) is 0. The summed E-state index contributed by atoms with van der Waals surface area (Å²) in [7, 11) is 4.57. The predicted molar refractivity (Wildman–Crippen MR) is 119 cm³/mol. The van der Waals surface area contributed by atoms with Gasteiger partial charge in [-0.2, -0.15) is 0 Å². The minimum atomic E-state index is -0.207. The highest BCUT2D eigenvalue weighted by Crippen LogP contribution is 2.39. The van der Waals surface area contributed by atoms with Crippen LogP contribution in [0.25, 0.3) is 22.7 Å². The van der Waals surface area contributed by atoms with Crippen LogP contribution in [0.3, 0.4) is 0 Å². The molecule has 0 saturated heterocycles. The fourth-order valence-corrected chi connectivity index (χ4v) is 3.86. The highest BCUT2D eigenvalue weighted by Gasteiger charge is 2.22. The number of hydrogen-bond acceptors (Lipinski definition) is 6. The fraction of sp³-hybridized carbons (Fsp3) is 0.130. The molecule has 4 aromatic rings. The molecule has 0 aliphatic heterocycles. The molecule has 0 aliphatic carbocycles. The summed E-state index contributed by atoms with van der Waals surface area (Å²) in [6.07, 6.45) is 1.84. The molecule has 0 radical (unpaired) electrons. The van der Waals surface area contributed by atoms with Gasteiger partial charge in [-0.25, -0.2) is 4.98 Å². The Morgan fingerprint density at radius 1 is 1.00 bits per heavy atom. The van der Waals surface area contributed by atoms with Crippen molar-refractivity contribution >= 4 is 39.8 Å². The van der Waals surface area contributed by atoms with E-state index in [1.165, 1.54) is 21.3 Å². The van der Waals surface area contributed by atoms with E-state index in [1.807, 2.05) is 47.9 Å². The van der Waals surface area contributed by atoms with Gasteiger partial charge in [0.05, 0.1) is 37.9 Å². The fourth-order valence-electron chi connectivity index (χ4n) is 3.21. The number of aromatic nitrogens is 2. The van der Waals surface area contributed by atoms with Crippen molar-refractivity contribution in [3.05, 3.63) is 70.2 Å². The van der Waals surface area contributed by atoms with Gasteiger partial charge >= 0.3 is 0 Å². The number of carbonyl (C=O) groups excluding carboxylic acids is 1. The van der Waals surface area contributed by atoms with E-state index in [0.717, 1.165) is 15.9 Å². The summed E-state index contributed by atoms with van der Waals surface area (Å²) in [5.41, 5.74) is 2.51. The number of nitrogens with zero attached hydrogens (tertiary/aromatic N) is 1. The summed E-state index contributed by atoms with van der Waals surface area (Å²) in [5.74, 6) is 1.56. The van der Waals surface area contributed by atoms with E-state index in [0.29, 0.717) is 34.2 Å². The molecule has 30 heavy (non-hydrogen) atoms. The first-order chi connectivity index (χ1) is 14.6. The zero-order valence-electron chi connectivity index (χ0n) is 16.8. The van der Waals surface area contributed by atoms with E-state index in [1.54, 1.807) is 23.5 Å². The minimum absolute atomic E-state index is 0.207. The number of methoxy groups -OCH3 is 3. The Hall–Kier alpha value is -3.58. The predicted octanol–water partition coefficient (Wildman–Crippen LogP) is 5.07. The monoisotopic (exact) mass is 420 g/mol. The molecule has 0 aliphatic rings. The van der Waals surface area contributed by atoms with E-state index in [-0.39, 0.29) is 5.78 Å². The molecular weight excluding hydrogens is 400 g/mol. The number of aromatic amines is 1. The van der Waals surface area contributed by atoms with Gasteiger partial charge in [-0.15, -0.1) is 11.3 Å². The molecule has 0 bridgehead atoms. The Morgan fingerprint density at radius 2 is 1.73 bits per heavy atom. The Balaban J connectivity index is 1.86. The van der Waals surface area contributed by atoms with Gasteiger partial charge in [-0.3, -0.25) is 4.79 Å². The number of allylic oxidation sites excluding steroid dienone is 1. The lowest BCUT2D eigenvalue weighted by Gasteiger charge is -2.14. The van der Waals surface area contributed by atoms with Crippen LogP contribution in [0.2, 0.25) is 0 Å².